The summed E-state index contributed by atoms with van der Waals surface area (Å²) in [6, 6.07) is 3.70. The van der Waals surface area contributed by atoms with Crippen LogP contribution in [0.2, 0.25) is 0 Å². The molecule has 1 aromatic heterocycles. The highest BCUT2D eigenvalue weighted by Crippen LogP contribution is 2.10. The van der Waals surface area contributed by atoms with Gasteiger partial charge in [-0.05, 0) is 31.4 Å². The van der Waals surface area contributed by atoms with Gasteiger partial charge in [-0.1, -0.05) is 12.2 Å². The largest absolute Gasteiger partial charge is 0.388 e. The molecule has 1 saturated heterocycles. The highest BCUT2D eigenvalue weighted by molar-refractivity contribution is 7.80. The smallest absolute Gasteiger partial charge is 0.242 e. The Hall–Kier alpha value is -1.36. The van der Waals surface area contributed by atoms with Crippen molar-refractivity contribution in [3.05, 3.63) is 24.0 Å². The minimum atomic E-state index is 0.151. The van der Waals surface area contributed by atoms with E-state index >= 15 is 0 Å². The van der Waals surface area contributed by atoms with Crippen LogP contribution >= 0.6 is 12.2 Å². The number of piperidine rings is 1. The molecule has 17 heavy (non-hydrogen) atoms. The van der Waals surface area contributed by atoms with E-state index in [0.29, 0.717) is 11.5 Å². The number of thiocarbonyl (C=S) groups is 1. The van der Waals surface area contributed by atoms with Gasteiger partial charge in [0.1, 0.15) is 11.5 Å². The second kappa shape index (κ2) is 5.31. The Morgan fingerprint density at radius 2 is 2.06 bits per heavy atom. The van der Waals surface area contributed by atoms with Gasteiger partial charge in [-0.25, -0.2) is 0 Å². The maximum absolute atomic E-state index is 12.1. The van der Waals surface area contributed by atoms with Gasteiger partial charge >= 0.3 is 0 Å². The molecule has 1 aromatic rings. The van der Waals surface area contributed by atoms with Crippen molar-refractivity contribution in [1.29, 1.82) is 0 Å². The van der Waals surface area contributed by atoms with Crippen molar-refractivity contribution in [2.75, 3.05) is 13.1 Å². The van der Waals surface area contributed by atoms with Crippen LogP contribution in [0.3, 0.4) is 0 Å². The Morgan fingerprint density at radius 3 is 2.71 bits per heavy atom. The zero-order valence-corrected chi connectivity index (χ0v) is 10.6. The van der Waals surface area contributed by atoms with E-state index in [2.05, 4.69) is 0 Å². The third kappa shape index (κ3) is 2.85. The molecule has 0 aromatic carbocycles. The molecule has 2 N–H and O–H groups in total. The van der Waals surface area contributed by atoms with Crippen LogP contribution in [-0.4, -0.2) is 33.5 Å². The number of carbonyl (C=O) groups is 1. The summed E-state index contributed by atoms with van der Waals surface area (Å²) in [5.41, 5.74) is 6.35. The van der Waals surface area contributed by atoms with Crippen molar-refractivity contribution in [1.82, 2.24) is 9.47 Å². The van der Waals surface area contributed by atoms with Crippen molar-refractivity contribution in [3.63, 3.8) is 0 Å². The third-order valence-electron chi connectivity index (χ3n) is 3.10. The molecule has 1 aliphatic rings. The molecule has 1 aliphatic heterocycles. The van der Waals surface area contributed by atoms with Gasteiger partial charge in [0.15, 0.2) is 0 Å². The van der Waals surface area contributed by atoms with E-state index < -0.39 is 0 Å². The molecule has 5 heteroatoms. The van der Waals surface area contributed by atoms with E-state index in [-0.39, 0.29) is 5.91 Å². The first-order chi connectivity index (χ1) is 8.18. The Morgan fingerprint density at radius 1 is 1.35 bits per heavy atom. The standard InChI is InChI=1S/C12H17N3OS/c13-12(17)10-5-4-8-15(10)9-11(16)14-6-2-1-3-7-14/h4-5,8H,1-3,6-7,9H2,(H2,13,17). The van der Waals surface area contributed by atoms with Crippen LogP contribution in [-0.2, 0) is 11.3 Å². The van der Waals surface area contributed by atoms with Crippen LogP contribution in [0.1, 0.15) is 25.0 Å². The molecular weight excluding hydrogens is 234 g/mol. The van der Waals surface area contributed by atoms with Gasteiger partial charge in [0.2, 0.25) is 5.91 Å². The predicted octanol–water partition coefficient (Wildman–Crippen LogP) is 1.13. The summed E-state index contributed by atoms with van der Waals surface area (Å²) >= 11 is 4.94. The van der Waals surface area contributed by atoms with Gasteiger partial charge in [0, 0.05) is 19.3 Å². The molecule has 0 atom stereocenters. The van der Waals surface area contributed by atoms with Crippen molar-refractivity contribution in [3.8, 4) is 0 Å². The van der Waals surface area contributed by atoms with Crippen LogP contribution in [0.4, 0.5) is 0 Å². The van der Waals surface area contributed by atoms with E-state index in [1.165, 1.54) is 6.42 Å². The monoisotopic (exact) mass is 251 g/mol. The number of rotatable bonds is 3. The molecule has 4 nitrogen and oxygen atoms in total. The fourth-order valence-electron chi connectivity index (χ4n) is 2.16. The zero-order valence-electron chi connectivity index (χ0n) is 9.76. The Labute approximate surface area is 106 Å². The average molecular weight is 251 g/mol. The zero-order chi connectivity index (χ0) is 12.3. The van der Waals surface area contributed by atoms with Gasteiger partial charge in [-0.3, -0.25) is 4.79 Å². The summed E-state index contributed by atoms with van der Waals surface area (Å²) in [5, 5.41) is 0. The van der Waals surface area contributed by atoms with Crippen LogP contribution in [0.25, 0.3) is 0 Å². The van der Waals surface area contributed by atoms with Crippen molar-refractivity contribution >= 4 is 23.1 Å². The molecule has 1 fully saturated rings. The molecule has 0 bridgehead atoms. The second-order valence-corrected chi connectivity index (χ2v) is 4.77. The number of carbonyl (C=O) groups excluding carboxylic acids is 1. The molecule has 2 rings (SSSR count). The van der Waals surface area contributed by atoms with E-state index in [0.717, 1.165) is 31.6 Å². The lowest BCUT2D eigenvalue weighted by molar-refractivity contribution is -0.132. The highest BCUT2D eigenvalue weighted by Gasteiger charge is 2.17. The van der Waals surface area contributed by atoms with E-state index in [9.17, 15) is 4.79 Å². The van der Waals surface area contributed by atoms with Crippen molar-refractivity contribution in [2.45, 2.75) is 25.8 Å². The Balaban J connectivity index is 2.02. The van der Waals surface area contributed by atoms with Gasteiger partial charge in [-0.15, -0.1) is 0 Å². The van der Waals surface area contributed by atoms with Crippen molar-refractivity contribution < 1.29 is 4.79 Å². The van der Waals surface area contributed by atoms with Crippen molar-refractivity contribution in [2.24, 2.45) is 5.73 Å². The molecule has 0 radical (unpaired) electrons. The molecule has 0 spiro atoms. The molecule has 92 valence electrons. The SMILES string of the molecule is NC(=S)c1cccn1CC(=O)N1CCCCC1. The van der Waals surface area contributed by atoms with Gasteiger partial charge in [-0.2, -0.15) is 0 Å². The van der Waals surface area contributed by atoms with E-state index in [4.69, 9.17) is 18.0 Å². The lowest BCUT2D eigenvalue weighted by atomic mass is 10.1. The quantitative estimate of drug-likeness (QED) is 0.819. The van der Waals surface area contributed by atoms with Gasteiger partial charge in [0.05, 0.1) is 5.69 Å². The minimum Gasteiger partial charge on any atom is -0.388 e. The number of hydrogen-bond acceptors (Lipinski definition) is 2. The normalized spacial score (nSPS) is 15.9. The lowest BCUT2D eigenvalue weighted by Crippen LogP contribution is -2.38. The number of nitrogens with two attached hydrogens (primary N) is 1. The third-order valence-corrected chi connectivity index (χ3v) is 3.31. The number of likely N-dealkylation sites (tertiary alicyclic amines) is 1. The average Bonchev–Trinajstić information content (AvgIpc) is 2.78. The summed E-state index contributed by atoms with van der Waals surface area (Å²) in [7, 11) is 0. The highest BCUT2D eigenvalue weighted by atomic mass is 32.1. The maximum atomic E-state index is 12.1. The number of nitrogens with zero attached hydrogens (tertiary/aromatic N) is 2. The Bertz CT molecular complexity index is 421. The summed E-state index contributed by atoms with van der Waals surface area (Å²) in [4.78, 5) is 14.3. The maximum Gasteiger partial charge on any atom is 0.242 e. The second-order valence-electron chi connectivity index (χ2n) is 4.33. The van der Waals surface area contributed by atoms with Gasteiger partial charge in [0.25, 0.3) is 0 Å². The molecular formula is C12H17N3OS. The van der Waals surface area contributed by atoms with Crippen LogP contribution in [0.15, 0.2) is 18.3 Å². The minimum absolute atomic E-state index is 0.151. The first kappa shape index (κ1) is 12.1. The molecule has 0 aliphatic carbocycles. The van der Waals surface area contributed by atoms with E-state index in [1.54, 1.807) is 0 Å². The molecule has 2 heterocycles. The number of aromatic nitrogens is 1. The van der Waals surface area contributed by atoms with E-state index in [1.807, 2.05) is 27.8 Å². The first-order valence-corrected chi connectivity index (χ1v) is 6.32. The van der Waals surface area contributed by atoms with Crippen LogP contribution < -0.4 is 5.73 Å². The summed E-state index contributed by atoms with van der Waals surface area (Å²) in [6.07, 6.45) is 5.29. The summed E-state index contributed by atoms with van der Waals surface area (Å²) in [6.45, 7) is 2.09. The number of amides is 1. The molecule has 0 saturated carbocycles. The Kier molecular flexibility index (Phi) is 3.78. The lowest BCUT2D eigenvalue weighted by Gasteiger charge is -2.27. The van der Waals surface area contributed by atoms with Crippen LogP contribution in [0.5, 0.6) is 0 Å². The summed E-state index contributed by atoms with van der Waals surface area (Å²) < 4.78 is 1.82. The first-order valence-electron chi connectivity index (χ1n) is 5.91. The number of hydrogen-bond donors (Lipinski definition) is 1. The fraction of sp³-hybridized carbons (Fsp3) is 0.500. The summed E-state index contributed by atoms with van der Waals surface area (Å²) in [5.74, 6) is 0.151. The molecule has 1 amide bonds. The predicted molar refractivity (Wildman–Crippen MR) is 70.8 cm³/mol. The van der Waals surface area contributed by atoms with Gasteiger partial charge < -0.3 is 15.2 Å². The van der Waals surface area contributed by atoms with Crippen LogP contribution in [0, 0.1) is 0 Å². The molecule has 0 unspecified atom stereocenters. The fourth-order valence-corrected chi connectivity index (χ4v) is 2.35. The topological polar surface area (TPSA) is 51.3 Å².